The second-order valence-electron chi connectivity index (χ2n) is 6.54. The summed E-state index contributed by atoms with van der Waals surface area (Å²) < 4.78 is 0. The minimum atomic E-state index is -1.29. The Labute approximate surface area is 166 Å². The van der Waals surface area contributed by atoms with Crippen molar-refractivity contribution in [3.63, 3.8) is 0 Å². The minimum absolute atomic E-state index is 0.256. The molecule has 0 radical (unpaired) electrons. The molecule has 2 aromatic carbocycles. The molecule has 0 spiro atoms. The third-order valence-electron chi connectivity index (χ3n) is 4.57. The van der Waals surface area contributed by atoms with E-state index in [2.05, 4.69) is 10.6 Å². The molecule has 0 aromatic heterocycles. The molecule has 7 nitrogen and oxygen atoms in total. The van der Waals surface area contributed by atoms with Crippen LogP contribution in [0.1, 0.15) is 23.6 Å². The molecule has 1 atom stereocenters. The van der Waals surface area contributed by atoms with Crippen LogP contribution < -0.4 is 10.6 Å². The van der Waals surface area contributed by atoms with E-state index in [9.17, 15) is 14.4 Å². The van der Waals surface area contributed by atoms with Gasteiger partial charge in [0.05, 0.1) is 11.6 Å². The van der Waals surface area contributed by atoms with Gasteiger partial charge in [-0.1, -0.05) is 35.9 Å². The number of hydrogen-bond acceptors (Lipinski definition) is 4. The second-order valence-corrected chi connectivity index (χ2v) is 6.98. The third-order valence-corrected chi connectivity index (χ3v) is 4.82. The minimum Gasteiger partial charge on any atom is -0.350 e. The fraction of sp³-hybridized carbons (Fsp3) is 0.200. The van der Waals surface area contributed by atoms with Crippen LogP contribution in [0.5, 0.6) is 0 Å². The predicted molar refractivity (Wildman–Crippen MR) is 102 cm³/mol. The molecule has 1 saturated heterocycles. The van der Waals surface area contributed by atoms with Gasteiger partial charge in [-0.2, -0.15) is 5.26 Å². The topological polar surface area (TPSA) is 102 Å². The van der Waals surface area contributed by atoms with Crippen LogP contribution >= 0.6 is 11.6 Å². The second kappa shape index (κ2) is 7.71. The first-order chi connectivity index (χ1) is 13.3. The number of hydrogen-bond donors (Lipinski definition) is 2. The number of amides is 4. The van der Waals surface area contributed by atoms with Gasteiger partial charge in [-0.05, 0) is 42.3 Å². The third kappa shape index (κ3) is 3.82. The Bertz CT molecular complexity index is 966. The van der Waals surface area contributed by atoms with Gasteiger partial charge in [0, 0.05) is 11.6 Å². The summed E-state index contributed by atoms with van der Waals surface area (Å²) in [5.74, 6) is -0.980. The van der Waals surface area contributed by atoms with E-state index < -0.39 is 23.4 Å². The maximum Gasteiger partial charge on any atom is 0.325 e. The normalized spacial score (nSPS) is 18.5. The van der Waals surface area contributed by atoms with Crippen LogP contribution in [-0.4, -0.2) is 29.3 Å². The molecule has 4 amide bonds. The molecular formula is C20H17ClN4O3. The molecule has 2 N–H and O–H groups in total. The lowest BCUT2D eigenvalue weighted by Crippen LogP contribution is -2.43. The van der Waals surface area contributed by atoms with E-state index in [-0.39, 0.29) is 13.1 Å². The molecule has 0 bridgehead atoms. The zero-order valence-corrected chi connectivity index (χ0v) is 15.8. The Morgan fingerprint density at radius 3 is 2.43 bits per heavy atom. The van der Waals surface area contributed by atoms with Crippen molar-refractivity contribution in [1.82, 2.24) is 15.5 Å². The monoisotopic (exact) mass is 396 g/mol. The summed E-state index contributed by atoms with van der Waals surface area (Å²) in [5.41, 5.74) is 0.537. The molecule has 28 heavy (non-hydrogen) atoms. The average molecular weight is 397 g/mol. The van der Waals surface area contributed by atoms with E-state index in [1.165, 1.54) is 0 Å². The van der Waals surface area contributed by atoms with Gasteiger partial charge in [0.1, 0.15) is 12.1 Å². The number of halogens is 1. The number of carbonyl (C=O) groups is 3. The van der Waals surface area contributed by atoms with E-state index >= 15 is 0 Å². The van der Waals surface area contributed by atoms with Gasteiger partial charge in [-0.25, -0.2) is 4.79 Å². The molecule has 0 aliphatic carbocycles. The highest BCUT2D eigenvalue weighted by Crippen LogP contribution is 2.28. The average Bonchev–Trinajstić information content (AvgIpc) is 2.91. The molecule has 1 heterocycles. The largest absolute Gasteiger partial charge is 0.350 e. The lowest BCUT2D eigenvalue weighted by Gasteiger charge is -2.22. The van der Waals surface area contributed by atoms with E-state index in [0.717, 1.165) is 10.5 Å². The van der Waals surface area contributed by atoms with Gasteiger partial charge in [-0.15, -0.1) is 0 Å². The number of rotatable bonds is 5. The van der Waals surface area contributed by atoms with Crippen molar-refractivity contribution in [1.29, 1.82) is 5.26 Å². The first-order valence-electron chi connectivity index (χ1n) is 8.49. The first-order valence-corrected chi connectivity index (χ1v) is 8.87. The number of carbonyl (C=O) groups excluding carboxylic acids is 3. The number of urea groups is 1. The van der Waals surface area contributed by atoms with Gasteiger partial charge in [-0.3, -0.25) is 14.5 Å². The van der Waals surface area contributed by atoms with Gasteiger partial charge < -0.3 is 10.6 Å². The van der Waals surface area contributed by atoms with Crippen molar-refractivity contribution in [3.8, 4) is 6.07 Å². The zero-order chi connectivity index (χ0) is 20.3. The molecule has 1 fully saturated rings. The smallest absolute Gasteiger partial charge is 0.325 e. The molecule has 1 unspecified atom stereocenters. The summed E-state index contributed by atoms with van der Waals surface area (Å²) in [6.07, 6.45) is 0. The Morgan fingerprint density at radius 1 is 1.18 bits per heavy atom. The lowest BCUT2D eigenvalue weighted by molar-refractivity contribution is -0.134. The molecule has 1 aliphatic heterocycles. The number of benzene rings is 2. The predicted octanol–water partition coefficient (Wildman–Crippen LogP) is 2.30. The summed E-state index contributed by atoms with van der Waals surface area (Å²) in [4.78, 5) is 38.2. The summed E-state index contributed by atoms with van der Waals surface area (Å²) >= 11 is 5.82. The fourth-order valence-corrected chi connectivity index (χ4v) is 3.04. The number of nitriles is 1. The van der Waals surface area contributed by atoms with Crippen molar-refractivity contribution in [2.75, 3.05) is 6.54 Å². The first kappa shape index (κ1) is 19.4. The van der Waals surface area contributed by atoms with Gasteiger partial charge in [0.25, 0.3) is 5.91 Å². The lowest BCUT2D eigenvalue weighted by atomic mass is 9.91. The Kier molecular flexibility index (Phi) is 5.34. The molecule has 1 aliphatic rings. The maximum absolute atomic E-state index is 12.8. The van der Waals surface area contributed by atoms with Crippen LogP contribution in [-0.2, 0) is 21.7 Å². The van der Waals surface area contributed by atoms with Crippen molar-refractivity contribution < 1.29 is 14.4 Å². The Morgan fingerprint density at radius 2 is 1.82 bits per heavy atom. The number of imide groups is 1. The standard InChI is InChI=1S/C20H17ClN4O3/c1-20(15-6-2-13(10-22)3-7-15)18(27)25(19(28)24-20)12-17(26)23-11-14-4-8-16(21)9-5-14/h2-9H,11-12H2,1H3,(H,23,26)(H,24,28). The maximum atomic E-state index is 12.8. The van der Waals surface area contributed by atoms with E-state index in [0.29, 0.717) is 16.1 Å². The molecule has 8 heteroatoms. The van der Waals surface area contributed by atoms with E-state index in [1.54, 1.807) is 55.5 Å². The fourth-order valence-electron chi connectivity index (χ4n) is 2.92. The van der Waals surface area contributed by atoms with Crippen LogP contribution in [0, 0.1) is 11.3 Å². The summed E-state index contributed by atoms with van der Waals surface area (Å²) in [6, 6.07) is 14.7. The zero-order valence-electron chi connectivity index (χ0n) is 15.0. The van der Waals surface area contributed by atoms with Crippen LogP contribution in [0.25, 0.3) is 0 Å². The highest BCUT2D eigenvalue weighted by Gasteiger charge is 2.49. The Hall–Kier alpha value is -3.37. The van der Waals surface area contributed by atoms with Gasteiger partial charge >= 0.3 is 6.03 Å². The summed E-state index contributed by atoms with van der Waals surface area (Å²) in [6.45, 7) is 1.44. The Balaban J connectivity index is 1.66. The van der Waals surface area contributed by atoms with Crippen LogP contribution in [0.2, 0.25) is 5.02 Å². The summed E-state index contributed by atoms with van der Waals surface area (Å²) in [5, 5.41) is 14.8. The molecule has 0 saturated carbocycles. The quantitative estimate of drug-likeness (QED) is 0.757. The summed E-state index contributed by atoms with van der Waals surface area (Å²) in [7, 11) is 0. The molecule has 142 valence electrons. The van der Waals surface area contributed by atoms with Crippen LogP contribution in [0.3, 0.4) is 0 Å². The highest BCUT2D eigenvalue weighted by atomic mass is 35.5. The van der Waals surface area contributed by atoms with Crippen molar-refractivity contribution in [3.05, 3.63) is 70.2 Å². The SMILES string of the molecule is CC1(c2ccc(C#N)cc2)NC(=O)N(CC(=O)NCc2ccc(Cl)cc2)C1=O. The van der Waals surface area contributed by atoms with Crippen molar-refractivity contribution in [2.45, 2.75) is 19.0 Å². The van der Waals surface area contributed by atoms with E-state index in [1.807, 2.05) is 6.07 Å². The van der Waals surface area contributed by atoms with Crippen molar-refractivity contribution >= 4 is 29.4 Å². The van der Waals surface area contributed by atoms with E-state index in [4.69, 9.17) is 16.9 Å². The van der Waals surface area contributed by atoms with Gasteiger partial charge in [0.15, 0.2) is 0 Å². The molecule has 3 rings (SSSR count). The van der Waals surface area contributed by atoms with Crippen LogP contribution in [0.4, 0.5) is 4.79 Å². The molecule has 2 aromatic rings. The highest BCUT2D eigenvalue weighted by molar-refractivity contribution is 6.30. The van der Waals surface area contributed by atoms with Crippen molar-refractivity contribution in [2.24, 2.45) is 0 Å². The molecular weight excluding hydrogens is 380 g/mol. The van der Waals surface area contributed by atoms with Crippen LogP contribution in [0.15, 0.2) is 48.5 Å². The number of nitrogens with one attached hydrogen (secondary N) is 2. The number of nitrogens with zero attached hydrogens (tertiary/aromatic N) is 2. The van der Waals surface area contributed by atoms with Gasteiger partial charge in [0.2, 0.25) is 5.91 Å².